The molecule has 1 atom stereocenters. The molecule has 8 heteroatoms. The Morgan fingerprint density at radius 3 is 2.65 bits per heavy atom. The molecule has 1 aliphatic rings. The van der Waals surface area contributed by atoms with Crippen LogP contribution in [0.1, 0.15) is 47.2 Å². The number of benzene rings is 2. The van der Waals surface area contributed by atoms with E-state index in [0.29, 0.717) is 23.3 Å². The van der Waals surface area contributed by atoms with Crippen molar-refractivity contribution < 1.29 is 18.7 Å². The molecule has 7 nitrogen and oxygen atoms in total. The van der Waals surface area contributed by atoms with Crippen LogP contribution in [0.5, 0.6) is 0 Å². The Labute approximate surface area is 199 Å². The number of H-pyrrole nitrogens is 1. The van der Waals surface area contributed by atoms with Crippen LogP contribution in [0.4, 0.5) is 0 Å². The minimum atomic E-state index is -2.11. The van der Waals surface area contributed by atoms with E-state index in [-0.39, 0.29) is 18.1 Å². The van der Waals surface area contributed by atoms with Crippen molar-refractivity contribution in [1.29, 1.82) is 0 Å². The monoisotopic (exact) mass is 477 g/mol. The lowest BCUT2D eigenvalue weighted by atomic mass is 9.91. The summed E-state index contributed by atoms with van der Waals surface area (Å²) < 4.78 is 21.4. The summed E-state index contributed by atoms with van der Waals surface area (Å²) in [5, 5.41) is 14.8. The molecule has 34 heavy (non-hydrogen) atoms. The summed E-state index contributed by atoms with van der Waals surface area (Å²) in [6, 6.07) is 10.9. The largest absolute Gasteiger partial charge is 0.393 e. The topological polar surface area (TPSA) is 115 Å². The predicted octanol–water partition coefficient (Wildman–Crippen LogP) is 4.61. The van der Waals surface area contributed by atoms with Crippen molar-refractivity contribution in [3.8, 4) is 11.1 Å². The van der Waals surface area contributed by atoms with Crippen LogP contribution in [-0.2, 0) is 11.1 Å². The predicted molar refractivity (Wildman–Crippen MR) is 133 cm³/mol. The van der Waals surface area contributed by atoms with Gasteiger partial charge in [0, 0.05) is 28.6 Å². The van der Waals surface area contributed by atoms with Crippen LogP contribution in [0.25, 0.3) is 33.1 Å². The number of rotatable bonds is 4. The Hall–Kier alpha value is -3.07. The van der Waals surface area contributed by atoms with E-state index in [2.05, 4.69) is 21.4 Å². The van der Waals surface area contributed by atoms with Crippen LogP contribution in [0.15, 0.2) is 47.5 Å². The molecule has 1 saturated carbocycles. The van der Waals surface area contributed by atoms with Crippen LogP contribution in [0.2, 0.25) is 0 Å². The quantitative estimate of drug-likeness (QED) is 0.320. The number of amides is 1. The molecule has 0 bridgehead atoms. The van der Waals surface area contributed by atoms with E-state index in [1.165, 1.54) is 0 Å². The Morgan fingerprint density at radius 2 is 1.91 bits per heavy atom. The highest BCUT2D eigenvalue weighted by Crippen LogP contribution is 2.38. The molecular formula is C26H27N3O4S. The van der Waals surface area contributed by atoms with Gasteiger partial charge >= 0.3 is 0 Å². The fourth-order valence-corrected chi connectivity index (χ4v) is 5.34. The summed E-state index contributed by atoms with van der Waals surface area (Å²) in [7, 11) is 0. The van der Waals surface area contributed by atoms with Gasteiger partial charge in [-0.25, -0.2) is 9.19 Å². The zero-order chi connectivity index (χ0) is 24.0. The zero-order valence-electron chi connectivity index (χ0n) is 19.1. The maximum Gasteiger partial charge on any atom is 0.251 e. The molecule has 4 aromatic rings. The number of aromatic amines is 1. The van der Waals surface area contributed by atoms with Gasteiger partial charge in [0.15, 0.2) is 11.1 Å². The van der Waals surface area contributed by atoms with Crippen LogP contribution < -0.4 is 5.32 Å². The highest BCUT2D eigenvalue weighted by atomic mass is 32.2. The number of aryl methyl sites for hydroxylation is 2. The Morgan fingerprint density at radius 1 is 1.15 bits per heavy atom. The molecule has 1 amide bonds. The molecule has 176 valence electrons. The standard InChI is InChI=1S/C26H27N3O4S/c1-14-10-22-23-21(16-4-3-5-19(11-16)34(32)33)12-20(15(2)24(23)29-25(22)27-13-14)26(31)28-17-6-8-18(30)9-7-17/h3-5,10-13,17-18,30H,6-9H2,1-2H3,(H,27,29)(H,28,31)(H,32,33). The first-order chi connectivity index (χ1) is 16.3. The Balaban J connectivity index is 1.69. The lowest BCUT2D eigenvalue weighted by Gasteiger charge is -2.26. The summed E-state index contributed by atoms with van der Waals surface area (Å²) in [5.74, 6) is -0.160. The molecule has 1 fully saturated rings. The van der Waals surface area contributed by atoms with Crippen molar-refractivity contribution in [3.05, 3.63) is 59.3 Å². The van der Waals surface area contributed by atoms with Gasteiger partial charge in [0.2, 0.25) is 0 Å². The number of carbonyl (C=O) groups is 1. The first-order valence-electron chi connectivity index (χ1n) is 11.4. The fourth-order valence-electron chi connectivity index (χ4n) is 4.91. The fraction of sp³-hybridized carbons (Fsp3) is 0.308. The smallest absolute Gasteiger partial charge is 0.251 e. The lowest BCUT2D eigenvalue weighted by Crippen LogP contribution is -2.38. The highest BCUT2D eigenvalue weighted by molar-refractivity contribution is 7.79. The average Bonchev–Trinajstić information content (AvgIpc) is 3.20. The Kier molecular flexibility index (Phi) is 5.97. The van der Waals surface area contributed by atoms with Gasteiger partial charge in [-0.2, -0.15) is 0 Å². The number of fused-ring (bicyclic) bond motifs is 3. The summed E-state index contributed by atoms with van der Waals surface area (Å²) in [4.78, 5) is 21.6. The van der Waals surface area contributed by atoms with Crippen LogP contribution in [0, 0.1) is 13.8 Å². The van der Waals surface area contributed by atoms with Gasteiger partial charge in [-0.3, -0.25) is 4.79 Å². The van der Waals surface area contributed by atoms with Crippen LogP contribution in [0.3, 0.4) is 0 Å². The van der Waals surface area contributed by atoms with E-state index >= 15 is 0 Å². The maximum atomic E-state index is 13.4. The van der Waals surface area contributed by atoms with Crippen LogP contribution >= 0.6 is 0 Å². The number of aliphatic hydroxyl groups excluding tert-OH is 1. The number of aliphatic hydroxyl groups is 1. The maximum absolute atomic E-state index is 13.4. The van der Waals surface area contributed by atoms with E-state index in [4.69, 9.17) is 0 Å². The van der Waals surface area contributed by atoms with E-state index < -0.39 is 11.1 Å². The second-order valence-corrected chi connectivity index (χ2v) is 10.1. The van der Waals surface area contributed by atoms with Gasteiger partial charge in [-0.15, -0.1) is 0 Å². The average molecular weight is 478 g/mol. The van der Waals surface area contributed by atoms with Crippen molar-refractivity contribution in [2.75, 3.05) is 0 Å². The van der Waals surface area contributed by atoms with Crippen molar-refractivity contribution in [1.82, 2.24) is 15.3 Å². The zero-order valence-corrected chi connectivity index (χ0v) is 19.9. The van der Waals surface area contributed by atoms with Crippen molar-refractivity contribution >= 4 is 38.9 Å². The summed E-state index contributed by atoms with van der Waals surface area (Å²) >= 11 is -2.11. The number of nitrogens with zero attached hydrogens (tertiary/aromatic N) is 1. The molecule has 0 radical (unpaired) electrons. The van der Waals surface area contributed by atoms with Crippen LogP contribution in [-0.4, -0.2) is 41.9 Å². The van der Waals surface area contributed by atoms with Crippen molar-refractivity contribution in [2.45, 2.75) is 56.6 Å². The van der Waals surface area contributed by atoms with Crippen molar-refractivity contribution in [2.24, 2.45) is 0 Å². The normalized spacial score (nSPS) is 19.4. The molecule has 5 rings (SSSR count). The number of nitrogens with one attached hydrogen (secondary N) is 2. The molecule has 1 aliphatic carbocycles. The summed E-state index contributed by atoms with van der Waals surface area (Å²) in [6.07, 6.45) is 4.39. The molecule has 4 N–H and O–H groups in total. The van der Waals surface area contributed by atoms with Gasteiger partial charge in [0.05, 0.1) is 16.5 Å². The van der Waals surface area contributed by atoms with Gasteiger partial charge in [0.25, 0.3) is 5.91 Å². The first kappa shape index (κ1) is 22.7. The minimum Gasteiger partial charge on any atom is -0.393 e. The molecule has 2 aromatic carbocycles. The highest BCUT2D eigenvalue weighted by Gasteiger charge is 2.24. The van der Waals surface area contributed by atoms with E-state index in [0.717, 1.165) is 57.0 Å². The van der Waals surface area contributed by atoms with E-state index in [1.54, 1.807) is 24.4 Å². The third-order valence-corrected chi connectivity index (χ3v) is 7.40. The summed E-state index contributed by atoms with van der Waals surface area (Å²) in [5.41, 5.74) is 5.49. The molecule has 0 saturated heterocycles. The lowest BCUT2D eigenvalue weighted by molar-refractivity contribution is 0.0867. The molecule has 2 heterocycles. The SMILES string of the molecule is Cc1cnc2[nH]c3c(C)c(C(=O)NC4CCC(O)CC4)cc(-c4cccc(S(=O)O)c4)c3c2c1. The van der Waals surface area contributed by atoms with E-state index in [9.17, 15) is 18.7 Å². The van der Waals surface area contributed by atoms with Gasteiger partial charge in [-0.1, -0.05) is 12.1 Å². The molecule has 0 aliphatic heterocycles. The van der Waals surface area contributed by atoms with Gasteiger partial charge in [-0.05, 0) is 86.1 Å². The third kappa shape index (κ3) is 4.13. The van der Waals surface area contributed by atoms with Gasteiger partial charge < -0.3 is 20.0 Å². The third-order valence-electron chi connectivity index (χ3n) is 6.75. The Bertz CT molecular complexity index is 1440. The molecule has 1 unspecified atom stereocenters. The van der Waals surface area contributed by atoms with Gasteiger partial charge in [0.1, 0.15) is 5.65 Å². The second-order valence-electron chi connectivity index (χ2n) is 9.14. The summed E-state index contributed by atoms with van der Waals surface area (Å²) in [6.45, 7) is 3.91. The number of hydrogen-bond donors (Lipinski definition) is 4. The molecule has 2 aromatic heterocycles. The molecule has 0 spiro atoms. The number of hydrogen-bond acceptors (Lipinski definition) is 4. The second kappa shape index (κ2) is 8.94. The number of pyridine rings is 1. The van der Waals surface area contributed by atoms with E-state index in [1.807, 2.05) is 26.0 Å². The number of aromatic nitrogens is 2. The minimum absolute atomic E-state index is 0.0293. The number of carbonyl (C=O) groups excluding carboxylic acids is 1. The molecular weight excluding hydrogens is 450 g/mol. The first-order valence-corrected chi connectivity index (χ1v) is 12.5. The van der Waals surface area contributed by atoms with Crippen molar-refractivity contribution in [3.63, 3.8) is 0 Å².